The van der Waals surface area contributed by atoms with Gasteiger partial charge in [0.15, 0.2) is 5.11 Å². The number of thiocarbonyl (C=S) groups is 1. The van der Waals surface area contributed by atoms with Crippen molar-refractivity contribution in [2.24, 2.45) is 5.10 Å². The molecule has 22 heavy (non-hydrogen) atoms. The minimum atomic E-state index is 0.474. The number of rotatable bonds is 7. The van der Waals surface area contributed by atoms with Gasteiger partial charge >= 0.3 is 0 Å². The predicted molar refractivity (Wildman–Crippen MR) is 92.0 cm³/mol. The zero-order valence-corrected chi connectivity index (χ0v) is 13.3. The number of ether oxygens (including phenoxy) is 1. The van der Waals surface area contributed by atoms with E-state index in [2.05, 4.69) is 25.8 Å². The van der Waals surface area contributed by atoms with Crippen molar-refractivity contribution in [3.05, 3.63) is 36.2 Å². The van der Waals surface area contributed by atoms with E-state index in [9.17, 15) is 0 Å². The van der Waals surface area contributed by atoms with Gasteiger partial charge in [-0.1, -0.05) is 12.1 Å². The summed E-state index contributed by atoms with van der Waals surface area (Å²) in [6.45, 7) is 4.18. The van der Waals surface area contributed by atoms with Crippen LogP contribution >= 0.6 is 12.2 Å². The first kappa shape index (κ1) is 16.3. The maximum Gasteiger partial charge on any atom is 0.186 e. The fraction of sp³-hybridized carbons (Fsp3) is 0.333. The lowest BCUT2D eigenvalue weighted by Crippen LogP contribution is -2.33. The molecule has 0 saturated carbocycles. The molecule has 0 amide bonds. The molecular formula is C15H19N5OS. The third-order valence-electron chi connectivity index (χ3n) is 2.79. The van der Waals surface area contributed by atoms with E-state index in [4.69, 9.17) is 17.0 Å². The number of fused-ring (bicyclic) bond motifs is 1. The van der Waals surface area contributed by atoms with Crippen molar-refractivity contribution in [1.82, 2.24) is 20.7 Å². The van der Waals surface area contributed by atoms with Crippen LogP contribution < -0.4 is 10.7 Å². The molecule has 1 aromatic heterocycles. The molecule has 0 atom stereocenters. The molecule has 1 aromatic carbocycles. The van der Waals surface area contributed by atoms with E-state index in [1.54, 1.807) is 12.4 Å². The zero-order chi connectivity index (χ0) is 15.6. The van der Waals surface area contributed by atoms with Crippen molar-refractivity contribution in [1.29, 1.82) is 0 Å². The number of hydrazone groups is 1. The van der Waals surface area contributed by atoms with Gasteiger partial charge in [0, 0.05) is 19.8 Å². The standard InChI is InChI=1S/C15H19N5OS/c1-2-21-9-5-8-16-15(22)20-18-11-12-10-17-13-6-3-4-7-14(13)19-12/h3-4,6-7,10-11H,2,5,8-9H2,1H3,(H2,16,20,22)/b18-11-. The van der Waals surface area contributed by atoms with Gasteiger partial charge < -0.3 is 10.1 Å². The molecule has 2 N–H and O–H groups in total. The summed E-state index contributed by atoms with van der Waals surface area (Å²) in [6, 6.07) is 7.69. The molecule has 0 radical (unpaired) electrons. The molecule has 7 heteroatoms. The van der Waals surface area contributed by atoms with E-state index >= 15 is 0 Å². The van der Waals surface area contributed by atoms with Crippen molar-refractivity contribution in [2.45, 2.75) is 13.3 Å². The van der Waals surface area contributed by atoms with Crippen molar-refractivity contribution in [2.75, 3.05) is 19.8 Å². The quantitative estimate of drug-likeness (QED) is 0.351. The van der Waals surface area contributed by atoms with Gasteiger partial charge in [0.1, 0.15) is 5.69 Å². The van der Waals surface area contributed by atoms with Gasteiger partial charge in [-0.2, -0.15) is 5.10 Å². The van der Waals surface area contributed by atoms with E-state index in [0.717, 1.165) is 37.2 Å². The summed E-state index contributed by atoms with van der Waals surface area (Å²) >= 11 is 5.11. The zero-order valence-electron chi connectivity index (χ0n) is 12.5. The Balaban J connectivity index is 1.77. The van der Waals surface area contributed by atoms with Crippen LogP contribution in [0.5, 0.6) is 0 Å². The Morgan fingerprint density at radius 3 is 3.00 bits per heavy atom. The SMILES string of the molecule is CCOCCCNC(=S)N/N=C\c1cnc2ccccc2n1. The Kier molecular flexibility index (Phi) is 6.66. The molecule has 116 valence electrons. The average molecular weight is 317 g/mol. The monoisotopic (exact) mass is 317 g/mol. The van der Waals surface area contributed by atoms with Gasteiger partial charge in [-0.3, -0.25) is 10.4 Å². The summed E-state index contributed by atoms with van der Waals surface area (Å²) < 4.78 is 5.24. The van der Waals surface area contributed by atoms with Gasteiger partial charge in [-0.05, 0) is 37.7 Å². The first-order chi connectivity index (χ1) is 10.8. The number of para-hydroxylation sites is 2. The Bertz CT molecular complexity index is 647. The lowest BCUT2D eigenvalue weighted by molar-refractivity contribution is 0.145. The first-order valence-corrected chi connectivity index (χ1v) is 7.57. The summed E-state index contributed by atoms with van der Waals surface area (Å²) in [5, 5.41) is 7.57. The molecule has 0 aliphatic heterocycles. The highest BCUT2D eigenvalue weighted by atomic mass is 32.1. The number of aromatic nitrogens is 2. The molecule has 6 nitrogen and oxygen atoms in total. The van der Waals surface area contributed by atoms with Crippen LogP contribution in [-0.2, 0) is 4.74 Å². The smallest absolute Gasteiger partial charge is 0.186 e. The maximum atomic E-state index is 5.24. The first-order valence-electron chi connectivity index (χ1n) is 7.16. The molecule has 0 fully saturated rings. The van der Waals surface area contributed by atoms with Gasteiger partial charge in [0.2, 0.25) is 0 Å². The van der Waals surface area contributed by atoms with Crippen molar-refractivity contribution in [3.8, 4) is 0 Å². The molecule has 0 bridgehead atoms. The van der Waals surface area contributed by atoms with E-state index < -0.39 is 0 Å². The third kappa shape index (κ3) is 5.34. The van der Waals surface area contributed by atoms with Gasteiger partial charge in [0.05, 0.1) is 23.4 Å². The maximum absolute atomic E-state index is 5.24. The number of hydrogen-bond donors (Lipinski definition) is 2. The second kappa shape index (κ2) is 9.01. The minimum absolute atomic E-state index is 0.474. The molecule has 0 saturated heterocycles. The Hall–Kier alpha value is -2.12. The van der Waals surface area contributed by atoms with Crippen molar-refractivity contribution in [3.63, 3.8) is 0 Å². The van der Waals surface area contributed by atoms with Crippen molar-refractivity contribution >= 4 is 34.6 Å². The summed E-state index contributed by atoms with van der Waals surface area (Å²) in [6.07, 6.45) is 4.16. The van der Waals surface area contributed by atoms with Crippen LogP contribution in [0.3, 0.4) is 0 Å². The number of nitrogens with zero attached hydrogens (tertiary/aromatic N) is 3. The molecule has 2 rings (SSSR count). The van der Waals surface area contributed by atoms with Gasteiger partial charge in [-0.15, -0.1) is 0 Å². The highest BCUT2D eigenvalue weighted by molar-refractivity contribution is 7.80. The number of hydrogen-bond acceptors (Lipinski definition) is 5. The Labute approximate surface area is 135 Å². The van der Waals surface area contributed by atoms with Crippen molar-refractivity contribution < 1.29 is 4.74 Å². The van der Waals surface area contributed by atoms with Crippen LogP contribution in [0.1, 0.15) is 19.0 Å². The molecule has 0 aliphatic carbocycles. The largest absolute Gasteiger partial charge is 0.382 e. The highest BCUT2D eigenvalue weighted by Gasteiger charge is 1.97. The van der Waals surface area contributed by atoms with Crippen LogP contribution in [0, 0.1) is 0 Å². The number of benzene rings is 1. The molecule has 0 unspecified atom stereocenters. The average Bonchev–Trinajstić information content (AvgIpc) is 2.54. The van der Waals surface area contributed by atoms with E-state index in [1.165, 1.54) is 0 Å². The van der Waals surface area contributed by atoms with Crippen LogP contribution in [0.4, 0.5) is 0 Å². The van der Waals surface area contributed by atoms with Crippen LogP contribution in [0.2, 0.25) is 0 Å². The summed E-state index contributed by atoms with van der Waals surface area (Å²) in [5.74, 6) is 0. The fourth-order valence-electron chi connectivity index (χ4n) is 1.75. The molecular weight excluding hydrogens is 298 g/mol. The second-order valence-corrected chi connectivity index (χ2v) is 4.87. The lowest BCUT2D eigenvalue weighted by atomic mass is 10.3. The second-order valence-electron chi connectivity index (χ2n) is 4.46. The molecule has 0 aliphatic rings. The van der Waals surface area contributed by atoms with Gasteiger partial charge in [0.25, 0.3) is 0 Å². The Morgan fingerprint density at radius 1 is 1.36 bits per heavy atom. The van der Waals surface area contributed by atoms with Crippen LogP contribution in [-0.4, -0.2) is 41.1 Å². The van der Waals surface area contributed by atoms with Gasteiger partial charge in [-0.25, -0.2) is 4.98 Å². The molecule has 2 aromatic rings. The topological polar surface area (TPSA) is 71.4 Å². The normalized spacial score (nSPS) is 11.0. The fourth-order valence-corrected chi connectivity index (χ4v) is 1.91. The van der Waals surface area contributed by atoms with Crippen LogP contribution in [0.15, 0.2) is 35.6 Å². The minimum Gasteiger partial charge on any atom is -0.382 e. The molecule has 0 spiro atoms. The van der Waals surface area contributed by atoms with E-state index in [1.807, 2.05) is 31.2 Å². The predicted octanol–water partition coefficient (Wildman–Crippen LogP) is 1.85. The van der Waals surface area contributed by atoms with E-state index in [0.29, 0.717) is 10.8 Å². The summed E-state index contributed by atoms with van der Waals surface area (Å²) in [5.41, 5.74) is 5.12. The molecule has 1 heterocycles. The van der Waals surface area contributed by atoms with E-state index in [-0.39, 0.29) is 0 Å². The highest BCUT2D eigenvalue weighted by Crippen LogP contribution is 2.07. The third-order valence-corrected chi connectivity index (χ3v) is 3.02. The number of nitrogens with one attached hydrogen (secondary N) is 2. The van der Waals surface area contributed by atoms with Crippen LogP contribution in [0.25, 0.3) is 11.0 Å². The Morgan fingerprint density at radius 2 is 2.18 bits per heavy atom. The lowest BCUT2D eigenvalue weighted by Gasteiger charge is -2.06. The summed E-state index contributed by atoms with van der Waals surface area (Å²) in [4.78, 5) is 8.75. The summed E-state index contributed by atoms with van der Waals surface area (Å²) in [7, 11) is 0.